The Morgan fingerprint density at radius 3 is 3.11 bits per heavy atom. The standard InChI is InChI=1S/C13H17N3O2S/c1-10(17)19-11-8-13(18)16(9-11)7-6-15-12-4-2-3-5-14-12/h2-5,11H,6-9H2,1H3,(H,14,15). The third-order valence-corrected chi connectivity index (χ3v) is 3.85. The lowest BCUT2D eigenvalue weighted by atomic mass is 10.4. The van der Waals surface area contributed by atoms with Crippen LogP contribution in [0.4, 0.5) is 5.82 Å². The summed E-state index contributed by atoms with van der Waals surface area (Å²) in [7, 11) is 0. The zero-order chi connectivity index (χ0) is 13.7. The van der Waals surface area contributed by atoms with Gasteiger partial charge in [0.2, 0.25) is 5.91 Å². The predicted octanol–water partition coefficient (Wildman–Crippen LogP) is 1.37. The minimum Gasteiger partial charge on any atom is -0.368 e. The Morgan fingerprint density at radius 1 is 1.58 bits per heavy atom. The fraction of sp³-hybridized carbons (Fsp3) is 0.462. The van der Waals surface area contributed by atoms with E-state index in [2.05, 4.69) is 10.3 Å². The Kier molecular flexibility index (Phi) is 4.79. The first kappa shape index (κ1) is 13.9. The van der Waals surface area contributed by atoms with Crippen LogP contribution in [0, 0.1) is 0 Å². The van der Waals surface area contributed by atoms with Crippen LogP contribution in [0.5, 0.6) is 0 Å². The summed E-state index contributed by atoms with van der Waals surface area (Å²) in [6.45, 7) is 3.51. The van der Waals surface area contributed by atoms with Gasteiger partial charge >= 0.3 is 0 Å². The van der Waals surface area contributed by atoms with Gasteiger partial charge in [-0.1, -0.05) is 17.8 Å². The molecule has 1 N–H and O–H groups in total. The molecule has 1 aromatic rings. The van der Waals surface area contributed by atoms with Crippen molar-refractivity contribution in [2.45, 2.75) is 18.6 Å². The summed E-state index contributed by atoms with van der Waals surface area (Å²) in [5, 5.41) is 3.36. The summed E-state index contributed by atoms with van der Waals surface area (Å²) >= 11 is 1.27. The van der Waals surface area contributed by atoms with Gasteiger partial charge in [0.05, 0.1) is 0 Å². The average Bonchev–Trinajstić information content (AvgIpc) is 2.70. The first-order valence-corrected chi connectivity index (χ1v) is 7.13. The van der Waals surface area contributed by atoms with Crippen LogP contribution in [-0.2, 0) is 9.59 Å². The van der Waals surface area contributed by atoms with E-state index >= 15 is 0 Å². The number of aromatic nitrogens is 1. The Bertz CT molecular complexity index is 452. The molecular weight excluding hydrogens is 262 g/mol. The number of nitrogens with zero attached hydrogens (tertiary/aromatic N) is 2. The van der Waals surface area contributed by atoms with Crippen LogP contribution in [0.3, 0.4) is 0 Å². The van der Waals surface area contributed by atoms with Crippen LogP contribution in [0.1, 0.15) is 13.3 Å². The fourth-order valence-electron chi connectivity index (χ4n) is 2.05. The van der Waals surface area contributed by atoms with E-state index < -0.39 is 0 Å². The van der Waals surface area contributed by atoms with Crippen molar-refractivity contribution in [3.8, 4) is 0 Å². The van der Waals surface area contributed by atoms with Crippen LogP contribution in [0.2, 0.25) is 0 Å². The molecule has 1 aliphatic heterocycles. The molecule has 0 aliphatic carbocycles. The number of nitrogens with one attached hydrogen (secondary N) is 1. The van der Waals surface area contributed by atoms with E-state index in [4.69, 9.17) is 0 Å². The third kappa shape index (κ3) is 4.24. The lowest BCUT2D eigenvalue weighted by molar-refractivity contribution is -0.127. The van der Waals surface area contributed by atoms with Crippen LogP contribution < -0.4 is 5.32 Å². The highest BCUT2D eigenvalue weighted by molar-refractivity contribution is 8.14. The Hall–Kier alpha value is -1.56. The van der Waals surface area contributed by atoms with Gasteiger partial charge in [-0.3, -0.25) is 9.59 Å². The van der Waals surface area contributed by atoms with Crippen molar-refractivity contribution >= 4 is 28.6 Å². The SMILES string of the molecule is CC(=O)SC1CC(=O)N(CCNc2ccccn2)C1. The van der Waals surface area contributed by atoms with E-state index in [0.717, 1.165) is 5.82 Å². The number of hydrogen-bond donors (Lipinski definition) is 1. The second-order valence-corrected chi connectivity index (χ2v) is 5.89. The average molecular weight is 279 g/mol. The molecule has 1 amide bonds. The van der Waals surface area contributed by atoms with Crippen LogP contribution in [0.25, 0.3) is 0 Å². The summed E-state index contributed by atoms with van der Waals surface area (Å²) in [6, 6.07) is 5.66. The molecule has 1 atom stereocenters. The number of carbonyl (C=O) groups excluding carboxylic acids is 2. The Labute approximate surface area is 116 Å². The summed E-state index contributed by atoms with van der Waals surface area (Å²) in [5.41, 5.74) is 0. The molecule has 0 bridgehead atoms. The smallest absolute Gasteiger partial charge is 0.223 e. The number of likely N-dealkylation sites (tertiary alicyclic amines) is 1. The largest absolute Gasteiger partial charge is 0.368 e. The number of carbonyl (C=O) groups is 2. The van der Waals surface area contributed by atoms with Crippen molar-refractivity contribution in [1.82, 2.24) is 9.88 Å². The molecule has 0 radical (unpaired) electrons. The molecule has 1 unspecified atom stereocenters. The second-order valence-electron chi connectivity index (χ2n) is 4.42. The van der Waals surface area contributed by atoms with Gasteiger partial charge in [-0.05, 0) is 12.1 Å². The molecule has 5 nitrogen and oxygen atoms in total. The zero-order valence-corrected chi connectivity index (χ0v) is 11.7. The van der Waals surface area contributed by atoms with Crippen molar-refractivity contribution < 1.29 is 9.59 Å². The van der Waals surface area contributed by atoms with Crippen LogP contribution >= 0.6 is 11.8 Å². The van der Waals surface area contributed by atoms with E-state index in [9.17, 15) is 9.59 Å². The van der Waals surface area contributed by atoms with Gasteiger partial charge in [-0.15, -0.1) is 0 Å². The number of hydrogen-bond acceptors (Lipinski definition) is 5. The van der Waals surface area contributed by atoms with Crippen LogP contribution in [-0.4, -0.2) is 45.8 Å². The number of pyridine rings is 1. The molecule has 0 spiro atoms. The van der Waals surface area contributed by atoms with Gasteiger partial charge in [-0.25, -0.2) is 4.98 Å². The normalized spacial score (nSPS) is 18.7. The minimum absolute atomic E-state index is 0.0752. The van der Waals surface area contributed by atoms with Gasteiger partial charge in [0.15, 0.2) is 5.12 Å². The summed E-state index contributed by atoms with van der Waals surface area (Å²) in [4.78, 5) is 28.7. The molecule has 1 aliphatic rings. The van der Waals surface area contributed by atoms with Gasteiger partial charge in [0.1, 0.15) is 5.82 Å². The molecule has 19 heavy (non-hydrogen) atoms. The van der Waals surface area contributed by atoms with E-state index in [-0.39, 0.29) is 16.3 Å². The lowest BCUT2D eigenvalue weighted by Gasteiger charge is -2.16. The maximum Gasteiger partial charge on any atom is 0.223 e. The van der Waals surface area contributed by atoms with E-state index in [1.165, 1.54) is 11.8 Å². The fourth-order valence-corrected chi connectivity index (χ4v) is 3.00. The molecule has 102 valence electrons. The summed E-state index contributed by atoms with van der Waals surface area (Å²) in [6.07, 6.45) is 2.19. The van der Waals surface area contributed by atoms with Crippen molar-refractivity contribution in [2.75, 3.05) is 25.0 Å². The van der Waals surface area contributed by atoms with Gasteiger partial charge in [0, 0.05) is 44.4 Å². The number of thioether (sulfide) groups is 1. The molecular formula is C13H17N3O2S. The third-order valence-electron chi connectivity index (χ3n) is 2.86. The maximum atomic E-state index is 11.8. The number of rotatable bonds is 5. The molecule has 0 saturated carbocycles. The quantitative estimate of drug-likeness (QED) is 0.882. The number of anilines is 1. The van der Waals surface area contributed by atoms with Gasteiger partial charge in [0.25, 0.3) is 0 Å². The zero-order valence-electron chi connectivity index (χ0n) is 10.8. The summed E-state index contributed by atoms with van der Waals surface area (Å²) < 4.78 is 0. The van der Waals surface area contributed by atoms with E-state index in [1.54, 1.807) is 18.0 Å². The molecule has 2 heterocycles. The topological polar surface area (TPSA) is 62.3 Å². The monoisotopic (exact) mass is 279 g/mol. The highest BCUT2D eigenvalue weighted by Crippen LogP contribution is 2.23. The molecule has 1 aromatic heterocycles. The molecule has 2 rings (SSSR count). The highest BCUT2D eigenvalue weighted by atomic mass is 32.2. The highest BCUT2D eigenvalue weighted by Gasteiger charge is 2.30. The van der Waals surface area contributed by atoms with E-state index in [1.807, 2.05) is 18.2 Å². The molecule has 1 fully saturated rings. The second kappa shape index (κ2) is 6.56. The Balaban J connectivity index is 1.74. The minimum atomic E-state index is 0.0752. The first-order chi connectivity index (χ1) is 9.15. The summed E-state index contributed by atoms with van der Waals surface area (Å²) in [5.74, 6) is 0.936. The van der Waals surface area contributed by atoms with Crippen molar-refractivity contribution in [2.24, 2.45) is 0 Å². The lowest BCUT2D eigenvalue weighted by Crippen LogP contribution is -2.30. The van der Waals surface area contributed by atoms with Crippen molar-refractivity contribution in [3.05, 3.63) is 24.4 Å². The van der Waals surface area contributed by atoms with Crippen LogP contribution in [0.15, 0.2) is 24.4 Å². The van der Waals surface area contributed by atoms with Gasteiger partial charge < -0.3 is 10.2 Å². The van der Waals surface area contributed by atoms with Gasteiger partial charge in [-0.2, -0.15) is 0 Å². The molecule has 1 saturated heterocycles. The first-order valence-electron chi connectivity index (χ1n) is 6.25. The van der Waals surface area contributed by atoms with Crippen molar-refractivity contribution in [3.63, 3.8) is 0 Å². The van der Waals surface area contributed by atoms with E-state index in [0.29, 0.717) is 26.1 Å². The Morgan fingerprint density at radius 2 is 2.42 bits per heavy atom. The maximum absolute atomic E-state index is 11.8. The predicted molar refractivity (Wildman–Crippen MR) is 76.0 cm³/mol. The number of amides is 1. The van der Waals surface area contributed by atoms with Crippen molar-refractivity contribution in [1.29, 1.82) is 0 Å². The molecule has 6 heteroatoms. The molecule has 0 aromatic carbocycles.